The average Bonchev–Trinajstić information content (AvgIpc) is 3.24. The molecule has 0 saturated heterocycles. The third kappa shape index (κ3) is 2.21. The third-order valence-electron chi connectivity index (χ3n) is 3.58. The maximum absolute atomic E-state index is 12.8. The van der Waals surface area contributed by atoms with E-state index in [0.29, 0.717) is 15.3 Å². The van der Waals surface area contributed by atoms with E-state index in [0.717, 1.165) is 10.2 Å². The summed E-state index contributed by atoms with van der Waals surface area (Å²) < 4.78 is 2.40. The normalized spacial score (nSPS) is 10.8. The van der Waals surface area contributed by atoms with Gasteiger partial charge in [-0.1, -0.05) is 18.2 Å². The van der Waals surface area contributed by atoms with Crippen LogP contribution in [0.2, 0.25) is 0 Å². The van der Waals surface area contributed by atoms with Crippen LogP contribution in [0.5, 0.6) is 0 Å². The topological polar surface area (TPSA) is 74.4 Å². The highest BCUT2D eigenvalue weighted by molar-refractivity contribution is 7.24. The van der Waals surface area contributed by atoms with Crippen molar-refractivity contribution < 1.29 is 4.79 Å². The van der Waals surface area contributed by atoms with Gasteiger partial charge in [-0.3, -0.25) is 14.0 Å². The Kier molecular flexibility index (Phi) is 3.41. The number of anilines is 1. The molecular weight excluding hydrogens is 342 g/mol. The first-order valence-corrected chi connectivity index (χ1v) is 8.71. The molecule has 0 bridgehead atoms. The minimum absolute atomic E-state index is 0.103. The number of para-hydroxylation sites is 1. The second-order valence-corrected chi connectivity index (χ2v) is 7.01. The molecule has 0 aliphatic rings. The van der Waals surface area contributed by atoms with E-state index in [9.17, 15) is 14.9 Å². The molecule has 0 aliphatic carbocycles. The summed E-state index contributed by atoms with van der Waals surface area (Å²) in [5.74, 6) is -0.356. The number of carbonyl (C=O) groups excluding carboxylic acids is 1. The Hall–Kier alpha value is -2.95. The quantitative estimate of drug-likeness (QED) is 0.598. The summed E-state index contributed by atoms with van der Waals surface area (Å²) in [4.78, 5) is 26.2. The molecule has 4 rings (SSSR count). The minimum Gasteiger partial charge on any atom is -0.317 e. The fourth-order valence-electron chi connectivity index (χ4n) is 2.51. The van der Waals surface area contributed by atoms with Crippen molar-refractivity contribution in [3.8, 4) is 6.07 Å². The van der Waals surface area contributed by atoms with Crippen LogP contribution in [0.4, 0.5) is 5.69 Å². The summed E-state index contributed by atoms with van der Waals surface area (Å²) in [7, 11) is 0. The number of nitriles is 1. The number of hydrogen-bond acceptors (Lipinski definition) is 5. The van der Waals surface area contributed by atoms with Gasteiger partial charge in [0, 0.05) is 0 Å². The van der Waals surface area contributed by atoms with E-state index < -0.39 is 0 Å². The van der Waals surface area contributed by atoms with Crippen LogP contribution in [0.1, 0.15) is 15.2 Å². The highest BCUT2D eigenvalue weighted by atomic mass is 32.1. The summed E-state index contributed by atoms with van der Waals surface area (Å²) in [6.45, 7) is 0. The van der Waals surface area contributed by atoms with Crippen LogP contribution >= 0.6 is 22.7 Å². The fraction of sp³-hybridized carbons (Fsp3) is 0. The SMILES string of the molecule is N#Cc1cc(NC(=O)c2cccs2)c(=O)n2c1sc1ccccc12. The van der Waals surface area contributed by atoms with Gasteiger partial charge in [0.25, 0.3) is 11.5 Å². The van der Waals surface area contributed by atoms with E-state index in [-0.39, 0.29) is 17.2 Å². The molecule has 3 aromatic heterocycles. The number of nitrogens with zero attached hydrogens (tertiary/aromatic N) is 2. The molecule has 0 saturated carbocycles. The van der Waals surface area contributed by atoms with Gasteiger partial charge >= 0.3 is 0 Å². The number of thiazole rings is 1. The summed E-state index contributed by atoms with van der Waals surface area (Å²) in [5, 5.41) is 13.8. The average molecular weight is 351 g/mol. The number of pyridine rings is 1. The number of nitrogens with one attached hydrogen (secondary N) is 1. The zero-order valence-corrected chi connectivity index (χ0v) is 13.8. The van der Waals surface area contributed by atoms with Crippen LogP contribution in [0, 0.1) is 11.3 Å². The molecule has 0 unspecified atom stereocenters. The lowest BCUT2D eigenvalue weighted by Gasteiger charge is -2.05. The Bertz CT molecular complexity index is 1180. The first kappa shape index (κ1) is 14.6. The van der Waals surface area contributed by atoms with E-state index in [2.05, 4.69) is 11.4 Å². The Labute approximate surface area is 144 Å². The molecule has 3 heterocycles. The van der Waals surface area contributed by atoms with Gasteiger partial charge in [-0.2, -0.15) is 5.26 Å². The van der Waals surface area contributed by atoms with Gasteiger partial charge < -0.3 is 5.32 Å². The Morgan fingerprint density at radius 1 is 1.21 bits per heavy atom. The number of benzene rings is 1. The number of amides is 1. The lowest BCUT2D eigenvalue weighted by molar-refractivity contribution is 0.103. The van der Waals surface area contributed by atoms with Gasteiger partial charge in [0.05, 0.1) is 20.7 Å². The summed E-state index contributed by atoms with van der Waals surface area (Å²) in [5.41, 5.74) is 0.848. The van der Waals surface area contributed by atoms with Crippen molar-refractivity contribution in [3.63, 3.8) is 0 Å². The van der Waals surface area contributed by atoms with E-state index in [4.69, 9.17) is 0 Å². The molecule has 1 amide bonds. The van der Waals surface area contributed by atoms with Crippen molar-refractivity contribution in [2.75, 3.05) is 5.32 Å². The van der Waals surface area contributed by atoms with Crippen LogP contribution in [0.15, 0.2) is 52.6 Å². The van der Waals surface area contributed by atoms with Gasteiger partial charge in [-0.05, 0) is 29.6 Å². The zero-order valence-electron chi connectivity index (χ0n) is 12.1. The molecule has 1 N–H and O–H groups in total. The highest BCUT2D eigenvalue weighted by Crippen LogP contribution is 2.28. The van der Waals surface area contributed by atoms with Crippen molar-refractivity contribution in [1.82, 2.24) is 4.40 Å². The van der Waals surface area contributed by atoms with Crippen molar-refractivity contribution in [3.05, 3.63) is 68.6 Å². The fourth-order valence-corrected chi connectivity index (χ4v) is 4.24. The molecule has 7 heteroatoms. The Morgan fingerprint density at radius 2 is 2.04 bits per heavy atom. The predicted molar refractivity (Wildman–Crippen MR) is 96.0 cm³/mol. The Morgan fingerprint density at radius 3 is 2.79 bits per heavy atom. The molecule has 1 aromatic carbocycles. The number of rotatable bonds is 2. The summed E-state index contributed by atoms with van der Waals surface area (Å²) in [6, 6.07) is 14.4. The monoisotopic (exact) mass is 351 g/mol. The zero-order chi connectivity index (χ0) is 16.7. The second-order valence-electron chi connectivity index (χ2n) is 5.03. The van der Waals surface area contributed by atoms with Crippen LogP contribution in [-0.2, 0) is 0 Å². The van der Waals surface area contributed by atoms with Gasteiger partial charge in [-0.25, -0.2) is 0 Å². The van der Waals surface area contributed by atoms with E-state index in [1.165, 1.54) is 33.1 Å². The predicted octanol–water partition coefficient (Wildman–Crippen LogP) is 3.70. The lowest BCUT2D eigenvalue weighted by atomic mass is 10.2. The molecule has 0 radical (unpaired) electrons. The number of hydrogen-bond donors (Lipinski definition) is 1. The molecule has 0 atom stereocenters. The van der Waals surface area contributed by atoms with E-state index in [1.807, 2.05) is 24.3 Å². The molecular formula is C17H9N3O2S2. The number of aromatic nitrogens is 1. The van der Waals surface area contributed by atoms with Crippen LogP contribution in [0.3, 0.4) is 0 Å². The Balaban J connectivity index is 1.95. The van der Waals surface area contributed by atoms with E-state index >= 15 is 0 Å². The van der Waals surface area contributed by atoms with Crippen molar-refractivity contribution in [2.45, 2.75) is 0 Å². The molecule has 0 aliphatic heterocycles. The highest BCUT2D eigenvalue weighted by Gasteiger charge is 2.16. The minimum atomic E-state index is -0.356. The van der Waals surface area contributed by atoms with Crippen LogP contribution < -0.4 is 10.9 Å². The molecule has 116 valence electrons. The van der Waals surface area contributed by atoms with Crippen molar-refractivity contribution >= 4 is 49.3 Å². The van der Waals surface area contributed by atoms with Gasteiger partial charge in [0.1, 0.15) is 16.6 Å². The number of fused-ring (bicyclic) bond motifs is 3. The number of thiophene rings is 1. The summed E-state index contributed by atoms with van der Waals surface area (Å²) >= 11 is 2.67. The molecule has 0 spiro atoms. The summed E-state index contributed by atoms with van der Waals surface area (Å²) in [6.07, 6.45) is 0. The van der Waals surface area contributed by atoms with E-state index in [1.54, 1.807) is 17.5 Å². The first-order valence-electron chi connectivity index (χ1n) is 7.01. The molecule has 4 aromatic rings. The lowest BCUT2D eigenvalue weighted by Crippen LogP contribution is -2.22. The van der Waals surface area contributed by atoms with Crippen LogP contribution in [-0.4, -0.2) is 10.3 Å². The third-order valence-corrected chi connectivity index (χ3v) is 5.61. The van der Waals surface area contributed by atoms with Crippen molar-refractivity contribution in [2.24, 2.45) is 0 Å². The molecule has 0 fully saturated rings. The smallest absolute Gasteiger partial charge is 0.280 e. The second kappa shape index (κ2) is 5.60. The number of carbonyl (C=O) groups is 1. The van der Waals surface area contributed by atoms with Gasteiger partial charge in [0.15, 0.2) is 0 Å². The van der Waals surface area contributed by atoms with Gasteiger partial charge in [0.2, 0.25) is 0 Å². The maximum atomic E-state index is 12.8. The largest absolute Gasteiger partial charge is 0.317 e. The van der Waals surface area contributed by atoms with Gasteiger partial charge in [-0.15, -0.1) is 22.7 Å². The van der Waals surface area contributed by atoms with Crippen molar-refractivity contribution in [1.29, 1.82) is 5.26 Å². The standard InChI is InChI=1S/C17H9N3O2S2/c18-9-10-8-11(19-15(21)14-6-3-7-23-14)16(22)20-12-4-1-2-5-13(12)24-17(10)20/h1-8H,(H,19,21). The molecule has 24 heavy (non-hydrogen) atoms. The van der Waals surface area contributed by atoms with Crippen LogP contribution in [0.25, 0.3) is 15.0 Å². The maximum Gasteiger partial charge on any atom is 0.280 e. The first-order chi connectivity index (χ1) is 11.7. The molecule has 5 nitrogen and oxygen atoms in total.